The zero-order chi connectivity index (χ0) is 14.0. The number of hydrogen-bond donors (Lipinski definition) is 0. The molecule has 1 heterocycles. The highest BCUT2D eigenvalue weighted by molar-refractivity contribution is 6.09. The van der Waals surface area contributed by atoms with Crippen molar-refractivity contribution in [1.82, 2.24) is 0 Å². The van der Waals surface area contributed by atoms with E-state index in [1.165, 1.54) is 12.7 Å². The lowest BCUT2D eigenvalue weighted by Gasteiger charge is -2.18. The average molecular weight is 259 g/mol. The van der Waals surface area contributed by atoms with E-state index in [2.05, 4.69) is 6.92 Å². The maximum Gasteiger partial charge on any atom is 0.336 e. The smallest absolute Gasteiger partial charge is 0.336 e. The molecule has 0 atom stereocenters. The predicted octanol–water partition coefficient (Wildman–Crippen LogP) is 2.43. The minimum Gasteiger partial charge on any atom is -0.466 e. The second-order valence-electron chi connectivity index (χ2n) is 4.48. The average Bonchev–Trinajstić information content (AvgIpc) is 2.73. The summed E-state index contributed by atoms with van der Waals surface area (Å²) in [5, 5.41) is 0. The summed E-state index contributed by atoms with van der Waals surface area (Å²) < 4.78 is 4.70. The summed E-state index contributed by atoms with van der Waals surface area (Å²) in [5.41, 5.74) is 3.09. The minimum absolute atomic E-state index is 0.0952. The molecule has 1 aromatic carbocycles. The first-order valence-electron chi connectivity index (χ1n) is 6.28. The molecule has 4 nitrogen and oxygen atoms in total. The normalized spacial score (nSPS) is 15.1. The lowest BCUT2D eigenvalue weighted by Crippen LogP contribution is -2.23. The Morgan fingerprint density at radius 3 is 2.47 bits per heavy atom. The van der Waals surface area contributed by atoms with Crippen LogP contribution in [0.15, 0.2) is 35.5 Å². The minimum atomic E-state index is -0.432. The van der Waals surface area contributed by atoms with Crippen LogP contribution in [0.3, 0.4) is 0 Å². The van der Waals surface area contributed by atoms with Gasteiger partial charge in [-0.3, -0.25) is 9.69 Å². The third-order valence-corrected chi connectivity index (χ3v) is 3.38. The Hall–Kier alpha value is -2.10. The van der Waals surface area contributed by atoms with Crippen molar-refractivity contribution in [3.63, 3.8) is 0 Å². The van der Waals surface area contributed by atoms with Crippen LogP contribution < -0.4 is 4.90 Å². The van der Waals surface area contributed by atoms with E-state index in [1.807, 2.05) is 24.3 Å². The van der Waals surface area contributed by atoms with Crippen LogP contribution in [0.4, 0.5) is 5.69 Å². The van der Waals surface area contributed by atoms with Crippen molar-refractivity contribution < 1.29 is 14.3 Å². The zero-order valence-corrected chi connectivity index (χ0v) is 11.4. The van der Waals surface area contributed by atoms with Crippen LogP contribution in [0.25, 0.3) is 0 Å². The van der Waals surface area contributed by atoms with Crippen molar-refractivity contribution in [2.45, 2.75) is 26.7 Å². The third-order valence-electron chi connectivity index (χ3n) is 3.38. The van der Waals surface area contributed by atoms with E-state index < -0.39 is 5.97 Å². The van der Waals surface area contributed by atoms with Crippen LogP contribution in [-0.4, -0.2) is 19.0 Å². The molecule has 100 valence electrons. The number of aryl methyl sites for hydroxylation is 1. The van der Waals surface area contributed by atoms with Crippen molar-refractivity contribution in [2.24, 2.45) is 0 Å². The summed E-state index contributed by atoms with van der Waals surface area (Å²) in [7, 11) is 1.33. The molecule has 19 heavy (non-hydrogen) atoms. The lowest BCUT2D eigenvalue weighted by atomic mass is 10.1. The van der Waals surface area contributed by atoms with Gasteiger partial charge in [-0.2, -0.15) is 0 Å². The van der Waals surface area contributed by atoms with E-state index in [9.17, 15) is 9.59 Å². The van der Waals surface area contributed by atoms with Crippen LogP contribution in [-0.2, 0) is 20.7 Å². The summed E-state index contributed by atoms with van der Waals surface area (Å²) >= 11 is 0. The molecule has 0 radical (unpaired) electrons. The van der Waals surface area contributed by atoms with E-state index in [-0.39, 0.29) is 12.3 Å². The van der Waals surface area contributed by atoms with Crippen molar-refractivity contribution in [3.8, 4) is 0 Å². The number of hydrogen-bond acceptors (Lipinski definition) is 3. The molecule has 1 aliphatic rings. The number of methoxy groups -OCH3 is 1. The van der Waals surface area contributed by atoms with E-state index in [0.717, 1.165) is 12.1 Å². The van der Waals surface area contributed by atoms with Gasteiger partial charge in [-0.15, -0.1) is 0 Å². The molecular weight excluding hydrogens is 242 g/mol. The van der Waals surface area contributed by atoms with Crippen LogP contribution in [0, 0.1) is 0 Å². The summed E-state index contributed by atoms with van der Waals surface area (Å²) in [6.45, 7) is 3.85. The van der Waals surface area contributed by atoms with E-state index in [4.69, 9.17) is 4.74 Å². The number of amides is 1. The first-order valence-corrected chi connectivity index (χ1v) is 6.28. The number of nitrogens with zero attached hydrogens (tertiary/aromatic N) is 1. The van der Waals surface area contributed by atoms with Gasteiger partial charge in [0.1, 0.15) is 0 Å². The molecule has 0 bridgehead atoms. The third kappa shape index (κ3) is 2.38. The molecule has 4 heteroatoms. The van der Waals surface area contributed by atoms with Crippen molar-refractivity contribution in [2.75, 3.05) is 12.0 Å². The second-order valence-corrected chi connectivity index (χ2v) is 4.48. The van der Waals surface area contributed by atoms with Crippen molar-refractivity contribution in [3.05, 3.63) is 41.1 Å². The highest BCUT2D eigenvalue weighted by atomic mass is 16.5. The quantitative estimate of drug-likeness (QED) is 0.783. The Morgan fingerprint density at radius 1 is 1.32 bits per heavy atom. The number of benzene rings is 1. The summed E-state index contributed by atoms with van der Waals surface area (Å²) in [6.07, 6.45) is 1.06. The second kappa shape index (κ2) is 5.26. The highest BCUT2D eigenvalue weighted by Gasteiger charge is 2.32. The van der Waals surface area contributed by atoms with Gasteiger partial charge in [-0.05, 0) is 31.0 Å². The SMILES string of the molecule is CCc1ccc(N2C(=O)CC(C(=O)OC)=C2C)cc1. The predicted molar refractivity (Wildman–Crippen MR) is 72.6 cm³/mol. The van der Waals surface area contributed by atoms with Crippen LogP contribution >= 0.6 is 0 Å². The molecule has 0 saturated heterocycles. The van der Waals surface area contributed by atoms with E-state index in [1.54, 1.807) is 11.8 Å². The summed E-state index contributed by atoms with van der Waals surface area (Å²) in [6, 6.07) is 7.79. The van der Waals surface area contributed by atoms with Gasteiger partial charge in [-0.25, -0.2) is 4.79 Å². The number of carbonyl (C=O) groups is 2. The zero-order valence-electron chi connectivity index (χ0n) is 11.4. The Bertz CT molecular complexity index is 543. The Labute approximate surface area is 112 Å². The molecule has 0 unspecified atom stereocenters. The van der Waals surface area contributed by atoms with Crippen molar-refractivity contribution >= 4 is 17.6 Å². The molecule has 0 aliphatic carbocycles. The van der Waals surface area contributed by atoms with E-state index >= 15 is 0 Å². The Balaban J connectivity index is 2.35. The Morgan fingerprint density at radius 2 is 1.95 bits per heavy atom. The molecular formula is C15H17NO3. The molecule has 1 amide bonds. The first kappa shape index (κ1) is 13.3. The van der Waals surface area contributed by atoms with Gasteiger partial charge in [0.25, 0.3) is 0 Å². The molecule has 0 saturated carbocycles. The summed E-state index contributed by atoms with van der Waals surface area (Å²) in [5.74, 6) is -0.527. The number of allylic oxidation sites excluding steroid dienone is 1. The maximum absolute atomic E-state index is 12.0. The number of carbonyl (C=O) groups excluding carboxylic acids is 2. The van der Waals surface area contributed by atoms with Gasteiger partial charge in [0.2, 0.25) is 5.91 Å². The van der Waals surface area contributed by atoms with Gasteiger partial charge in [-0.1, -0.05) is 19.1 Å². The van der Waals surface area contributed by atoms with Gasteiger partial charge in [0.05, 0.1) is 19.1 Å². The number of ether oxygens (including phenoxy) is 1. The molecule has 0 aromatic heterocycles. The summed E-state index contributed by atoms with van der Waals surface area (Å²) in [4.78, 5) is 25.2. The monoisotopic (exact) mass is 259 g/mol. The van der Waals surface area contributed by atoms with Gasteiger partial charge >= 0.3 is 5.97 Å². The number of esters is 1. The molecule has 2 rings (SSSR count). The van der Waals surface area contributed by atoms with Crippen LogP contribution in [0.5, 0.6) is 0 Å². The number of anilines is 1. The fourth-order valence-corrected chi connectivity index (χ4v) is 2.24. The van der Waals surface area contributed by atoms with Gasteiger partial charge in [0.15, 0.2) is 0 Å². The highest BCUT2D eigenvalue weighted by Crippen LogP contribution is 2.30. The van der Waals surface area contributed by atoms with Gasteiger partial charge < -0.3 is 4.74 Å². The van der Waals surface area contributed by atoms with Crippen molar-refractivity contribution in [1.29, 1.82) is 0 Å². The van der Waals surface area contributed by atoms with E-state index in [0.29, 0.717) is 11.3 Å². The molecule has 0 spiro atoms. The van der Waals surface area contributed by atoms with Crippen LogP contribution in [0.2, 0.25) is 0 Å². The molecule has 0 fully saturated rings. The number of rotatable bonds is 3. The molecule has 1 aliphatic heterocycles. The molecule has 1 aromatic rings. The van der Waals surface area contributed by atoms with Crippen LogP contribution in [0.1, 0.15) is 25.8 Å². The fraction of sp³-hybridized carbons (Fsp3) is 0.333. The fourth-order valence-electron chi connectivity index (χ4n) is 2.24. The standard InChI is InChI=1S/C15H17NO3/c1-4-11-5-7-12(8-6-11)16-10(2)13(9-14(16)17)15(18)19-3/h5-8H,4,9H2,1-3H3. The largest absolute Gasteiger partial charge is 0.466 e. The molecule has 0 N–H and O–H groups in total. The topological polar surface area (TPSA) is 46.6 Å². The first-order chi connectivity index (χ1) is 9.08. The van der Waals surface area contributed by atoms with Gasteiger partial charge in [0, 0.05) is 11.4 Å². The maximum atomic E-state index is 12.0. The lowest BCUT2D eigenvalue weighted by molar-refractivity contribution is -0.136. The Kier molecular flexibility index (Phi) is 3.69.